The fourth-order valence-corrected chi connectivity index (χ4v) is 4.18. The summed E-state index contributed by atoms with van der Waals surface area (Å²) in [7, 11) is 3.26. The zero-order valence-electron chi connectivity index (χ0n) is 18.0. The Morgan fingerprint density at radius 3 is 2.79 bits per heavy atom. The smallest absolute Gasteiger partial charge is 0.231 e. The Morgan fingerprint density at radius 1 is 1.06 bits per heavy atom. The Balaban J connectivity index is 1.63. The molecule has 0 saturated heterocycles. The number of ether oxygens (including phenoxy) is 4. The van der Waals surface area contributed by atoms with Gasteiger partial charge in [-0.2, -0.15) is 5.10 Å². The molecule has 3 heterocycles. The number of hydrogen-bond acceptors (Lipinski definition) is 8. The van der Waals surface area contributed by atoms with Crippen LogP contribution in [-0.4, -0.2) is 36.9 Å². The Bertz CT molecular complexity index is 1380. The van der Waals surface area contributed by atoms with Crippen molar-refractivity contribution in [2.75, 3.05) is 21.0 Å². The molecular weight excluding hydrogens is 440 g/mol. The molecule has 0 radical (unpaired) electrons. The van der Waals surface area contributed by atoms with Crippen molar-refractivity contribution in [2.24, 2.45) is 10.1 Å². The zero-order valence-corrected chi connectivity index (χ0v) is 18.8. The van der Waals surface area contributed by atoms with E-state index in [2.05, 4.69) is 4.98 Å². The molecule has 1 aliphatic rings. The third-order valence-corrected chi connectivity index (χ3v) is 5.78. The fraction of sp³-hybridized carbons (Fsp3) is 0.125. The summed E-state index contributed by atoms with van der Waals surface area (Å²) < 4.78 is 23.6. The summed E-state index contributed by atoms with van der Waals surface area (Å²) in [6.07, 6.45) is 5.18. The number of pyridine rings is 1. The molecule has 0 amide bonds. The lowest BCUT2D eigenvalue weighted by molar-refractivity contribution is 0.174. The van der Waals surface area contributed by atoms with Crippen LogP contribution in [-0.2, 0) is 0 Å². The Hall–Kier alpha value is -4.11. The molecule has 1 aliphatic heterocycles. The molecule has 166 valence electrons. The van der Waals surface area contributed by atoms with Crippen LogP contribution in [0.15, 0.2) is 76.4 Å². The highest BCUT2D eigenvalue weighted by molar-refractivity contribution is 7.07. The number of methoxy groups -OCH3 is 2. The Morgan fingerprint density at radius 2 is 1.97 bits per heavy atom. The third kappa shape index (κ3) is 4.31. The van der Waals surface area contributed by atoms with Crippen LogP contribution in [0, 0.1) is 0 Å². The standard InChI is InChI=1S/C24H20N4O4S/c1-29-18-6-7-19(22(11-18)30-2)20-14-33-24(27-17-4-3-9-25-13-17)28(20)26-12-16-5-8-21-23(10-16)32-15-31-21/h3-14H,15H2,1-2H3. The largest absolute Gasteiger partial charge is 0.497 e. The van der Waals surface area contributed by atoms with E-state index >= 15 is 0 Å². The maximum Gasteiger partial charge on any atom is 0.231 e. The Labute approximate surface area is 194 Å². The van der Waals surface area contributed by atoms with Crippen molar-refractivity contribution in [3.05, 3.63) is 76.7 Å². The summed E-state index contributed by atoms with van der Waals surface area (Å²) >= 11 is 1.47. The van der Waals surface area contributed by atoms with Crippen molar-refractivity contribution in [2.45, 2.75) is 0 Å². The van der Waals surface area contributed by atoms with Gasteiger partial charge in [0.1, 0.15) is 11.5 Å². The van der Waals surface area contributed by atoms with Gasteiger partial charge in [0.25, 0.3) is 0 Å². The molecule has 8 nitrogen and oxygen atoms in total. The summed E-state index contributed by atoms with van der Waals surface area (Å²) in [6.45, 7) is 0.227. The summed E-state index contributed by atoms with van der Waals surface area (Å²) in [4.78, 5) is 9.58. The number of aromatic nitrogens is 2. The first-order chi connectivity index (χ1) is 16.2. The van der Waals surface area contributed by atoms with Crippen molar-refractivity contribution in [1.29, 1.82) is 0 Å². The molecule has 33 heavy (non-hydrogen) atoms. The zero-order chi connectivity index (χ0) is 22.6. The van der Waals surface area contributed by atoms with Crippen molar-refractivity contribution < 1.29 is 18.9 Å². The first-order valence-corrected chi connectivity index (χ1v) is 10.9. The summed E-state index contributed by atoms with van der Waals surface area (Å²) in [5.74, 6) is 2.81. The molecule has 4 aromatic rings. The first-order valence-electron chi connectivity index (χ1n) is 10.1. The number of nitrogens with zero attached hydrogens (tertiary/aromatic N) is 4. The van der Waals surface area contributed by atoms with Crippen molar-refractivity contribution in [3.63, 3.8) is 0 Å². The van der Waals surface area contributed by atoms with E-state index in [0.717, 1.165) is 28.3 Å². The highest BCUT2D eigenvalue weighted by Gasteiger charge is 2.15. The quantitative estimate of drug-likeness (QED) is 0.397. The second-order valence-corrected chi connectivity index (χ2v) is 7.80. The summed E-state index contributed by atoms with van der Waals surface area (Å²) in [5.41, 5.74) is 3.31. The predicted molar refractivity (Wildman–Crippen MR) is 126 cm³/mol. The summed E-state index contributed by atoms with van der Waals surface area (Å²) in [6, 6.07) is 15.1. The molecule has 9 heteroatoms. The minimum atomic E-state index is 0.227. The van der Waals surface area contributed by atoms with E-state index in [1.165, 1.54) is 11.3 Å². The first kappa shape index (κ1) is 20.8. The maximum atomic E-state index is 5.63. The van der Waals surface area contributed by atoms with Gasteiger partial charge in [0.15, 0.2) is 11.5 Å². The molecule has 0 saturated carbocycles. The minimum absolute atomic E-state index is 0.227. The van der Waals surface area contributed by atoms with E-state index in [-0.39, 0.29) is 6.79 Å². The highest BCUT2D eigenvalue weighted by Crippen LogP contribution is 2.34. The third-order valence-electron chi connectivity index (χ3n) is 4.96. The lowest BCUT2D eigenvalue weighted by Crippen LogP contribution is -2.12. The minimum Gasteiger partial charge on any atom is -0.497 e. The van der Waals surface area contributed by atoms with E-state index in [1.54, 1.807) is 37.5 Å². The molecule has 0 fully saturated rings. The van der Waals surface area contributed by atoms with Crippen LogP contribution in [0.1, 0.15) is 5.56 Å². The van der Waals surface area contributed by atoms with Gasteiger partial charge in [-0.1, -0.05) is 0 Å². The molecule has 2 aromatic heterocycles. The van der Waals surface area contributed by atoms with Gasteiger partial charge in [0, 0.05) is 23.2 Å². The van der Waals surface area contributed by atoms with Gasteiger partial charge in [-0.05, 0) is 48.0 Å². The number of benzene rings is 2. The van der Waals surface area contributed by atoms with Crippen molar-refractivity contribution in [3.8, 4) is 34.3 Å². The van der Waals surface area contributed by atoms with Gasteiger partial charge in [0.2, 0.25) is 11.6 Å². The van der Waals surface area contributed by atoms with Gasteiger partial charge in [-0.15, -0.1) is 11.3 Å². The van der Waals surface area contributed by atoms with E-state index in [1.807, 2.05) is 53.9 Å². The van der Waals surface area contributed by atoms with Gasteiger partial charge < -0.3 is 18.9 Å². The molecule has 2 aromatic carbocycles. The average molecular weight is 461 g/mol. The van der Waals surface area contributed by atoms with Gasteiger partial charge in [-0.25, -0.2) is 9.67 Å². The molecule has 5 rings (SSSR count). The molecular formula is C24H20N4O4S. The molecule has 0 atom stereocenters. The number of fused-ring (bicyclic) bond motifs is 1. The van der Waals surface area contributed by atoms with Gasteiger partial charge in [0.05, 0.1) is 38.0 Å². The lowest BCUT2D eigenvalue weighted by atomic mass is 10.1. The average Bonchev–Trinajstić information content (AvgIpc) is 3.49. The fourth-order valence-electron chi connectivity index (χ4n) is 3.33. The van der Waals surface area contributed by atoms with Crippen LogP contribution < -0.4 is 23.7 Å². The second-order valence-electron chi connectivity index (χ2n) is 6.96. The molecule has 0 unspecified atom stereocenters. The molecule has 0 bridgehead atoms. The van der Waals surface area contributed by atoms with E-state index in [9.17, 15) is 0 Å². The molecule has 0 spiro atoms. The molecule has 0 N–H and O–H groups in total. The number of thiazole rings is 1. The van der Waals surface area contributed by atoms with Crippen LogP contribution in [0.3, 0.4) is 0 Å². The summed E-state index contributed by atoms with van der Waals surface area (Å²) in [5, 5.41) is 6.75. The monoisotopic (exact) mass is 460 g/mol. The Kier molecular flexibility index (Phi) is 5.77. The van der Waals surface area contributed by atoms with E-state index in [0.29, 0.717) is 22.0 Å². The SMILES string of the molecule is COc1ccc(-c2csc(=Nc3cccnc3)n2N=Cc2ccc3c(c2)OCO3)c(OC)c1. The second kappa shape index (κ2) is 9.17. The lowest BCUT2D eigenvalue weighted by Gasteiger charge is -2.11. The van der Waals surface area contributed by atoms with E-state index < -0.39 is 0 Å². The van der Waals surface area contributed by atoms with Crippen molar-refractivity contribution in [1.82, 2.24) is 9.66 Å². The normalized spacial score (nSPS) is 13.0. The number of rotatable bonds is 6. The van der Waals surface area contributed by atoms with Gasteiger partial charge >= 0.3 is 0 Å². The predicted octanol–water partition coefficient (Wildman–Crippen LogP) is 4.47. The maximum absolute atomic E-state index is 5.63. The van der Waals surface area contributed by atoms with Crippen LogP contribution in [0.25, 0.3) is 11.3 Å². The van der Waals surface area contributed by atoms with Crippen LogP contribution in [0.5, 0.6) is 23.0 Å². The van der Waals surface area contributed by atoms with Gasteiger partial charge in [-0.3, -0.25) is 4.98 Å². The topological polar surface area (TPSA) is 79.5 Å². The molecule has 0 aliphatic carbocycles. The van der Waals surface area contributed by atoms with Crippen LogP contribution >= 0.6 is 11.3 Å². The van der Waals surface area contributed by atoms with E-state index in [4.69, 9.17) is 29.0 Å². The number of hydrogen-bond donors (Lipinski definition) is 0. The van der Waals surface area contributed by atoms with Crippen LogP contribution in [0.2, 0.25) is 0 Å². The highest BCUT2D eigenvalue weighted by atomic mass is 32.1. The van der Waals surface area contributed by atoms with Crippen molar-refractivity contribution >= 4 is 23.2 Å². The van der Waals surface area contributed by atoms with Crippen LogP contribution in [0.4, 0.5) is 5.69 Å².